The standard InChI is InChI=1S/C22H35NO3/c1-2-3-4-5-6-7-8-9-10-11-12-13-14-15-16-17-20(24)19-18-21(25)23-22(19)26/h9-10,18H,2-8,11-17H2,1H3,(H,23,25,26). The van der Waals surface area contributed by atoms with Gasteiger partial charge in [0.2, 0.25) is 0 Å². The maximum absolute atomic E-state index is 11.8. The summed E-state index contributed by atoms with van der Waals surface area (Å²) >= 11 is 0. The summed E-state index contributed by atoms with van der Waals surface area (Å²) in [5.41, 5.74) is 0.0190. The van der Waals surface area contributed by atoms with Gasteiger partial charge in [-0.15, -0.1) is 0 Å². The fourth-order valence-electron chi connectivity index (χ4n) is 3.11. The van der Waals surface area contributed by atoms with Crippen molar-refractivity contribution in [2.75, 3.05) is 0 Å². The Hall–Kier alpha value is -1.71. The van der Waals surface area contributed by atoms with Crippen molar-refractivity contribution in [3.63, 3.8) is 0 Å². The number of unbranched alkanes of at least 4 members (excludes halogenated alkanes) is 11. The third-order valence-electron chi connectivity index (χ3n) is 4.72. The molecule has 1 N–H and O–H groups in total. The molecule has 0 aromatic rings. The monoisotopic (exact) mass is 361 g/mol. The predicted octanol–water partition coefficient (Wildman–Crippen LogP) is 5.18. The smallest absolute Gasteiger partial charge is 0.261 e. The Bertz CT molecular complexity index is 506. The first kappa shape index (κ1) is 22.3. The lowest BCUT2D eigenvalue weighted by Gasteiger charge is -2.01. The van der Waals surface area contributed by atoms with E-state index in [1.165, 1.54) is 57.8 Å². The lowest BCUT2D eigenvalue weighted by atomic mass is 10.0. The van der Waals surface area contributed by atoms with Crippen LogP contribution in [0.1, 0.15) is 96.8 Å². The fraction of sp³-hybridized carbons (Fsp3) is 0.682. The van der Waals surface area contributed by atoms with Crippen LogP contribution < -0.4 is 5.32 Å². The van der Waals surface area contributed by atoms with Crippen LogP contribution in [0.25, 0.3) is 0 Å². The maximum Gasteiger partial charge on any atom is 0.261 e. The summed E-state index contributed by atoms with van der Waals surface area (Å²) in [7, 11) is 0. The van der Waals surface area contributed by atoms with Crippen LogP contribution in [-0.4, -0.2) is 17.6 Å². The Morgan fingerprint density at radius 2 is 1.38 bits per heavy atom. The molecule has 0 aromatic carbocycles. The Kier molecular flexibility index (Phi) is 12.4. The zero-order valence-electron chi connectivity index (χ0n) is 16.4. The fourth-order valence-corrected chi connectivity index (χ4v) is 3.11. The molecule has 0 aromatic heterocycles. The molecule has 0 spiro atoms. The maximum atomic E-state index is 11.8. The molecule has 4 nitrogen and oxygen atoms in total. The van der Waals surface area contributed by atoms with E-state index in [1.807, 2.05) is 0 Å². The number of hydrogen-bond acceptors (Lipinski definition) is 3. The van der Waals surface area contributed by atoms with E-state index in [2.05, 4.69) is 24.4 Å². The number of carbonyl (C=O) groups excluding carboxylic acids is 3. The first-order valence-electron chi connectivity index (χ1n) is 10.4. The second-order valence-electron chi connectivity index (χ2n) is 7.13. The van der Waals surface area contributed by atoms with Gasteiger partial charge in [0.05, 0.1) is 5.57 Å². The molecule has 2 amide bonds. The van der Waals surface area contributed by atoms with E-state index in [-0.39, 0.29) is 11.4 Å². The van der Waals surface area contributed by atoms with Crippen LogP contribution in [0.15, 0.2) is 23.8 Å². The number of hydrogen-bond donors (Lipinski definition) is 1. The van der Waals surface area contributed by atoms with Gasteiger partial charge in [0.15, 0.2) is 5.78 Å². The highest BCUT2D eigenvalue weighted by Crippen LogP contribution is 2.13. The molecule has 1 aliphatic rings. The summed E-state index contributed by atoms with van der Waals surface area (Å²) in [6.45, 7) is 2.25. The van der Waals surface area contributed by atoms with Crippen LogP contribution in [0.5, 0.6) is 0 Å². The minimum Gasteiger partial charge on any atom is -0.294 e. The van der Waals surface area contributed by atoms with Crippen LogP contribution in [-0.2, 0) is 14.4 Å². The van der Waals surface area contributed by atoms with E-state index in [0.29, 0.717) is 6.42 Å². The average Bonchev–Trinajstić information content (AvgIpc) is 2.96. The molecule has 26 heavy (non-hydrogen) atoms. The summed E-state index contributed by atoms with van der Waals surface area (Å²) in [5.74, 6) is -1.25. The molecule has 0 aliphatic carbocycles. The molecule has 0 atom stereocenters. The average molecular weight is 362 g/mol. The highest BCUT2D eigenvalue weighted by atomic mass is 16.2. The van der Waals surface area contributed by atoms with E-state index in [1.54, 1.807) is 0 Å². The third kappa shape index (κ3) is 10.3. The molecule has 0 radical (unpaired) electrons. The molecule has 0 unspecified atom stereocenters. The van der Waals surface area contributed by atoms with Gasteiger partial charge in [0, 0.05) is 12.5 Å². The summed E-state index contributed by atoms with van der Waals surface area (Å²) < 4.78 is 0. The van der Waals surface area contributed by atoms with E-state index in [4.69, 9.17) is 0 Å². The van der Waals surface area contributed by atoms with Crippen LogP contribution >= 0.6 is 0 Å². The normalized spacial score (nSPS) is 14.1. The van der Waals surface area contributed by atoms with Crippen LogP contribution in [0.4, 0.5) is 0 Å². The van der Waals surface area contributed by atoms with Gasteiger partial charge >= 0.3 is 0 Å². The van der Waals surface area contributed by atoms with Crippen molar-refractivity contribution in [3.05, 3.63) is 23.8 Å². The predicted molar refractivity (Wildman–Crippen MR) is 106 cm³/mol. The van der Waals surface area contributed by atoms with E-state index >= 15 is 0 Å². The zero-order valence-corrected chi connectivity index (χ0v) is 16.4. The molecular weight excluding hydrogens is 326 g/mol. The van der Waals surface area contributed by atoms with E-state index in [9.17, 15) is 14.4 Å². The molecule has 0 saturated carbocycles. The van der Waals surface area contributed by atoms with Gasteiger partial charge in [-0.25, -0.2) is 0 Å². The van der Waals surface area contributed by atoms with Crippen molar-refractivity contribution in [1.82, 2.24) is 5.32 Å². The zero-order chi connectivity index (χ0) is 19.0. The van der Waals surface area contributed by atoms with Crippen molar-refractivity contribution in [3.8, 4) is 0 Å². The lowest BCUT2D eigenvalue weighted by molar-refractivity contribution is -0.125. The van der Waals surface area contributed by atoms with E-state index in [0.717, 1.165) is 31.8 Å². The van der Waals surface area contributed by atoms with Crippen molar-refractivity contribution in [2.45, 2.75) is 96.8 Å². The first-order chi connectivity index (χ1) is 12.6. The van der Waals surface area contributed by atoms with Crippen molar-refractivity contribution < 1.29 is 14.4 Å². The molecule has 146 valence electrons. The Labute approximate surface area is 158 Å². The van der Waals surface area contributed by atoms with Gasteiger partial charge in [-0.05, 0) is 32.1 Å². The number of nitrogens with one attached hydrogen (secondary N) is 1. The number of rotatable bonds is 16. The molecule has 1 heterocycles. The quantitative estimate of drug-likeness (QED) is 0.178. The first-order valence-corrected chi connectivity index (χ1v) is 10.4. The Morgan fingerprint density at radius 1 is 0.846 bits per heavy atom. The molecule has 0 bridgehead atoms. The van der Waals surface area contributed by atoms with Gasteiger partial charge < -0.3 is 0 Å². The topological polar surface area (TPSA) is 63.2 Å². The van der Waals surface area contributed by atoms with Gasteiger partial charge in [-0.1, -0.05) is 70.4 Å². The minimum absolute atomic E-state index is 0.0190. The Morgan fingerprint density at radius 3 is 1.92 bits per heavy atom. The van der Waals surface area contributed by atoms with Crippen molar-refractivity contribution in [1.29, 1.82) is 0 Å². The van der Waals surface area contributed by atoms with Gasteiger partial charge in [-0.2, -0.15) is 0 Å². The number of ketones is 1. The van der Waals surface area contributed by atoms with Crippen molar-refractivity contribution >= 4 is 17.6 Å². The molecule has 1 aliphatic heterocycles. The highest BCUT2D eigenvalue weighted by molar-refractivity contribution is 6.30. The van der Waals surface area contributed by atoms with Crippen LogP contribution in [0.2, 0.25) is 0 Å². The largest absolute Gasteiger partial charge is 0.294 e. The molecule has 4 heteroatoms. The third-order valence-corrected chi connectivity index (χ3v) is 4.72. The lowest BCUT2D eigenvalue weighted by Crippen LogP contribution is -2.24. The number of allylic oxidation sites excluding steroid dienone is 2. The minimum atomic E-state index is -0.548. The second kappa shape index (κ2) is 14.5. The molecule has 0 fully saturated rings. The summed E-state index contributed by atoms with van der Waals surface area (Å²) in [4.78, 5) is 34.2. The molecular formula is C22H35NO3. The van der Waals surface area contributed by atoms with Gasteiger partial charge in [0.25, 0.3) is 11.8 Å². The highest BCUT2D eigenvalue weighted by Gasteiger charge is 2.25. The van der Waals surface area contributed by atoms with Crippen LogP contribution in [0, 0.1) is 0 Å². The summed E-state index contributed by atoms with van der Waals surface area (Å²) in [5, 5.41) is 2.10. The van der Waals surface area contributed by atoms with Gasteiger partial charge in [0.1, 0.15) is 0 Å². The van der Waals surface area contributed by atoms with E-state index < -0.39 is 11.8 Å². The van der Waals surface area contributed by atoms with Gasteiger partial charge in [-0.3, -0.25) is 19.7 Å². The Balaban J connectivity index is 1.88. The second-order valence-corrected chi connectivity index (χ2v) is 7.13. The van der Waals surface area contributed by atoms with Crippen molar-refractivity contribution in [2.24, 2.45) is 0 Å². The van der Waals surface area contributed by atoms with Crippen LogP contribution in [0.3, 0.4) is 0 Å². The molecule has 1 rings (SSSR count). The summed E-state index contributed by atoms with van der Waals surface area (Å²) in [6.07, 6.45) is 21.8. The molecule has 0 saturated heterocycles. The number of carbonyl (C=O) groups is 3. The number of imide groups is 1. The number of Topliss-reactive ketones (excluding diaryl/α,β-unsaturated/α-hetero) is 1. The number of amides is 2. The summed E-state index contributed by atoms with van der Waals surface area (Å²) in [6, 6.07) is 0. The SMILES string of the molecule is CCCCCCCCC=CCCCCCCCC(=O)C1=CC(=O)NC1=O.